The predicted molar refractivity (Wildman–Crippen MR) is 79.0 cm³/mol. The van der Waals surface area contributed by atoms with E-state index in [-0.39, 0.29) is 5.82 Å². The van der Waals surface area contributed by atoms with E-state index in [0.29, 0.717) is 5.92 Å². The number of rotatable bonds is 4. The standard InChI is InChI=1S/C16H20FN3/c1-3-11(4-2)15-14-9-10-18-16(14)20(19-15)13-7-5-12(17)6-8-13/h5-8,11,18H,3-4,9-10H2,1-2H3. The first kappa shape index (κ1) is 13.2. The van der Waals surface area contributed by atoms with Crippen LogP contribution in [0.3, 0.4) is 0 Å². The van der Waals surface area contributed by atoms with Gasteiger partial charge in [0.05, 0.1) is 11.4 Å². The van der Waals surface area contributed by atoms with Crippen LogP contribution in [0.5, 0.6) is 0 Å². The lowest BCUT2D eigenvalue weighted by molar-refractivity contribution is 0.607. The Morgan fingerprint density at radius 1 is 1.25 bits per heavy atom. The highest BCUT2D eigenvalue weighted by atomic mass is 19.1. The van der Waals surface area contributed by atoms with E-state index in [0.717, 1.165) is 37.3 Å². The normalized spacial score (nSPS) is 13.6. The fourth-order valence-electron chi connectivity index (χ4n) is 2.97. The summed E-state index contributed by atoms with van der Waals surface area (Å²) >= 11 is 0. The SMILES string of the molecule is CCC(CC)c1nn(-c2ccc(F)cc2)c2c1CCN2. The molecule has 1 aromatic heterocycles. The number of nitrogens with zero attached hydrogens (tertiary/aromatic N) is 2. The molecule has 0 radical (unpaired) electrons. The van der Waals surface area contributed by atoms with Gasteiger partial charge >= 0.3 is 0 Å². The van der Waals surface area contributed by atoms with Crippen molar-refractivity contribution in [1.29, 1.82) is 0 Å². The van der Waals surface area contributed by atoms with Gasteiger partial charge in [-0.1, -0.05) is 13.8 Å². The molecule has 3 rings (SSSR count). The zero-order valence-corrected chi connectivity index (χ0v) is 12.0. The molecule has 1 N–H and O–H groups in total. The average molecular weight is 273 g/mol. The molecule has 0 amide bonds. The van der Waals surface area contributed by atoms with Crippen molar-refractivity contribution >= 4 is 5.82 Å². The van der Waals surface area contributed by atoms with E-state index in [1.54, 1.807) is 12.1 Å². The van der Waals surface area contributed by atoms with Crippen LogP contribution in [0.1, 0.15) is 43.9 Å². The van der Waals surface area contributed by atoms with Crippen LogP contribution in [-0.2, 0) is 6.42 Å². The molecule has 0 fully saturated rings. The van der Waals surface area contributed by atoms with Crippen LogP contribution >= 0.6 is 0 Å². The third-order valence-electron chi connectivity index (χ3n) is 4.13. The first-order valence-corrected chi connectivity index (χ1v) is 7.36. The maximum absolute atomic E-state index is 13.1. The Bertz CT molecular complexity index is 597. The van der Waals surface area contributed by atoms with E-state index in [9.17, 15) is 4.39 Å². The second kappa shape index (κ2) is 5.27. The van der Waals surface area contributed by atoms with Gasteiger partial charge in [0.1, 0.15) is 11.6 Å². The largest absolute Gasteiger partial charge is 0.369 e. The molecule has 2 aromatic rings. The topological polar surface area (TPSA) is 29.9 Å². The van der Waals surface area contributed by atoms with Gasteiger partial charge in [0.25, 0.3) is 0 Å². The summed E-state index contributed by atoms with van der Waals surface area (Å²) in [6.45, 7) is 5.38. The van der Waals surface area contributed by atoms with Crippen molar-refractivity contribution in [1.82, 2.24) is 9.78 Å². The molecule has 3 nitrogen and oxygen atoms in total. The molecular formula is C16H20FN3. The van der Waals surface area contributed by atoms with Crippen LogP contribution in [-0.4, -0.2) is 16.3 Å². The second-order valence-corrected chi connectivity index (χ2v) is 5.29. The van der Waals surface area contributed by atoms with Gasteiger partial charge in [-0.15, -0.1) is 0 Å². The monoisotopic (exact) mass is 273 g/mol. The average Bonchev–Trinajstić information content (AvgIpc) is 3.05. The molecule has 0 saturated carbocycles. The van der Waals surface area contributed by atoms with Crippen LogP contribution in [0.2, 0.25) is 0 Å². The van der Waals surface area contributed by atoms with Crippen LogP contribution in [0.4, 0.5) is 10.2 Å². The molecule has 0 spiro atoms. The van der Waals surface area contributed by atoms with Crippen LogP contribution < -0.4 is 5.32 Å². The highest BCUT2D eigenvalue weighted by Gasteiger charge is 2.26. The number of hydrogen-bond acceptors (Lipinski definition) is 2. The first-order valence-electron chi connectivity index (χ1n) is 7.36. The van der Waals surface area contributed by atoms with Crippen molar-refractivity contribution in [3.05, 3.63) is 41.3 Å². The summed E-state index contributed by atoms with van der Waals surface area (Å²) in [4.78, 5) is 0. The fourth-order valence-corrected chi connectivity index (χ4v) is 2.97. The summed E-state index contributed by atoms with van der Waals surface area (Å²) in [5.74, 6) is 1.37. The molecule has 0 bridgehead atoms. The number of halogens is 1. The summed E-state index contributed by atoms with van der Waals surface area (Å²) in [7, 11) is 0. The van der Waals surface area contributed by atoms with Gasteiger partial charge in [0.15, 0.2) is 0 Å². The molecule has 0 atom stereocenters. The minimum Gasteiger partial charge on any atom is -0.369 e. The molecule has 106 valence electrons. The first-order chi connectivity index (χ1) is 9.74. The fraction of sp³-hybridized carbons (Fsp3) is 0.438. The summed E-state index contributed by atoms with van der Waals surface area (Å²) in [5.41, 5.74) is 3.46. The third-order valence-corrected chi connectivity index (χ3v) is 4.13. The Morgan fingerprint density at radius 3 is 2.60 bits per heavy atom. The van der Waals surface area contributed by atoms with Gasteiger partial charge in [0, 0.05) is 18.0 Å². The smallest absolute Gasteiger partial charge is 0.133 e. The Morgan fingerprint density at radius 2 is 1.95 bits per heavy atom. The number of fused-ring (bicyclic) bond motifs is 1. The number of aromatic nitrogens is 2. The van der Waals surface area contributed by atoms with E-state index in [1.807, 2.05) is 4.68 Å². The summed E-state index contributed by atoms with van der Waals surface area (Å²) in [6, 6.07) is 6.52. The lowest BCUT2D eigenvalue weighted by atomic mass is 9.96. The van der Waals surface area contributed by atoms with Crippen LogP contribution in [0.15, 0.2) is 24.3 Å². The van der Waals surface area contributed by atoms with E-state index in [2.05, 4.69) is 19.2 Å². The Kier molecular flexibility index (Phi) is 3.47. The highest BCUT2D eigenvalue weighted by Crippen LogP contribution is 2.34. The summed E-state index contributed by atoms with van der Waals surface area (Å²) in [5, 5.41) is 8.22. The quantitative estimate of drug-likeness (QED) is 0.916. The Balaban J connectivity index is 2.08. The van der Waals surface area contributed by atoms with E-state index in [1.165, 1.54) is 23.4 Å². The minimum absolute atomic E-state index is 0.217. The van der Waals surface area contributed by atoms with E-state index in [4.69, 9.17) is 5.10 Å². The Labute approximate surface area is 118 Å². The van der Waals surface area contributed by atoms with Gasteiger partial charge in [-0.05, 0) is 43.5 Å². The van der Waals surface area contributed by atoms with Gasteiger partial charge in [-0.2, -0.15) is 5.10 Å². The van der Waals surface area contributed by atoms with Gasteiger partial charge in [-0.3, -0.25) is 0 Å². The lowest BCUT2D eigenvalue weighted by Crippen LogP contribution is -2.06. The van der Waals surface area contributed by atoms with Crippen LogP contribution in [0.25, 0.3) is 5.69 Å². The van der Waals surface area contributed by atoms with Crippen molar-refractivity contribution < 1.29 is 4.39 Å². The molecular weight excluding hydrogens is 253 g/mol. The van der Waals surface area contributed by atoms with E-state index < -0.39 is 0 Å². The van der Waals surface area contributed by atoms with Gasteiger partial charge < -0.3 is 5.32 Å². The van der Waals surface area contributed by atoms with Gasteiger partial charge in [0.2, 0.25) is 0 Å². The molecule has 0 aliphatic carbocycles. The molecule has 2 heterocycles. The lowest BCUT2D eigenvalue weighted by Gasteiger charge is -2.10. The highest BCUT2D eigenvalue weighted by molar-refractivity contribution is 5.57. The zero-order valence-electron chi connectivity index (χ0n) is 12.0. The van der Waals surface area contributed by atoms with E-state index >= 15 is 0 Å². The number of hydrogen-bond donors (Lipinski definition) is 1. The number of nitrogens with one attached hydrogen (secondary N) is 1. The molecule has 1 aromatic carbocycles. The van der Waals surface area contributed by atoms with Crippen molar-refractivity contribution in [2.24, 2.45) is 0 Å². The number of benzene rings is 1. The zero-order chi connectivity index (χ0) is 14.1. The molecule has 1 aliphatic heterocycles. The molecule has 0 unspecified atom stereocenters. The molecule has 1 aliphatic rings. The molecule has 20 heavy (non-hydrogen) atoms. The summed E-state index contributed by atoms with van der Waals surface area (Å²) in [6.07, 6.45) is 3.23. The van der Waals surface area contributed by atoms with Crippen molar-refractivity contribution in [3.8, 4) is 5.69 Å². The van der Waals surface area contributed by atoms with Gasteiger partial charge in [-0.25, -0.2) is 9.07 Å². The maximum atomic E-state index is 13.1. The minimum atomic E-state index is -0.217. The van der Waals surface area contributed by atoms with Crippen molar-refractivity contribution in [2.45, 2.75) is 39.0 Å². The van der Waals surface area contributed by atoms with Crippen molar-refractivity contribution in [2.75, 3.05) is 11.9 Å². The second-order valence-electron chi connectivity index (χ2n) is 5.29. The summed E-state index contributed by atoms with van der Waals surface area (Å²) < 4.78 is 15.0. The van der Waals surface area contributed by atoms with Crippen molar-refractivity contribution in [3.63, 3.8) is 0 Å². The number of anilines is 1. The van der Waals surface area contributed by atoms with Crippen LogP contribution in [0, 0.1) is 5.82 Å². The molecule has 4 heteroatoms. The molecule has 0 saturated heterocycles. The third kappa shape index (κ3) is 2.09. The maximum Gasteiger partial charge on any atom is 0.133 e. The predicted octanol–water partition coefficient (Wildman–Crippen LogP) is 3.88. The Hall–Kier alpha value is -1.84.